The molecule has 0 amide bonds. The molecule has 0 saturated carbocycles. The van der Waals surface area contributed by atoms with Crippen molar-refractivity contribution in [3.63, 3.8) is 0 Å². The number of ether oxygens (including phenoxy) is 2. The van der Waals surface area contributed by atoms with Gasteiger partial charge in [-0.1, -0.05) is 0 Å². The van der Waals surface area contributed by atoms with Crippen LogP contribution in [0.1, 0.15) is 28.0 Å². The minimum absolute atomic E-state index is 0.121. The molecule has 1 aliphatic heterocycles. The summed E-state index contributed by atoms with van der Waals surface area (Å²) in [7, 11) is 1.37. The fraction of sp³-hybridized carbons (Fsp3) is 0.524. The Morgan fingerprint density at radius 2 is 2.17 bits per heavy atom. The topological polar surface area (TPSA) is 60.8 Å². The highest BCUT2D eigenvalue weighted by Gasteiger charge is 2.26. The molecule has 2 aromatic heterocycles. The molecule has 0 aromatic carbocycles. The van der Waals surface area contributed by atoms with Crippen LogP contribution in [0.2, 0.25) is 0 Å². The highest BCUT2D eigenvalue weighted by molar-refractivity contribution is 7.98. The molecule has 3 rings (SSSR count). The predicted octanol–water partition coefficient (Wildman–Crippen LogP) is 2.93. The monoisotopic (exact) mass is 436 g/mol. The first-order valence-corrected chi connectivity index (χ1v) is 12.2. The van der Waals surface area contributed by atoms with E-state index in [1.165, 1.54) is 18.7 Å². The normalized spacial score (nSPS) is 14.3. The maximum Gasteiger partial charge on any atom is 0.343 e. The quantitative estimate of drug-likeness (QED) is 0.445. The van der Waals surface area contributed by atoms with Crippen molar-refractivity contribution in [3.8, 4) is 5.75 Å². The number of pyridine rings is 1. The molecule has 0 saturated heterocycles. The predicted molar refractivity (Wildman–Crippen MR) is 119 cm³/mol. The van der Waals surface area contributed by atoms with Gasteiger partial charge in [-0.05, 0) is 47.4 Å². The second kappa shape index (κ2) is 10.8. The second-order valence-electron chi connectivity index (χ2n) is 6.98. The van der Waals surface area contributed by atoms with Gasteiger partial charge in [0.15, 0.2) is 0 Å². The number of methoxy groups -OCH3 is 1. The first-order chi connectivity index (χ1) is 14.1. The molecular formula is C21H28N2O4S2. The first kappa shape index (κ1) is 21.9. The van der Waals surface area contributed by atoms with Crippen LogP contribution in [0.3, 0.4) is 0 Å². The van der Waals surface area contributed by atoms with Gasteiger partial charge in [0, 0.05) is 44.2 Å². The molecule has 0 bridgehead atoms. The third-order valence-corrected chi connectivity index (χ3v) is 6.56. The van der Waals surface area contributed by atoms with Gasteiger partial charge in [0.2, 0.25) is 0 Å². The molecule has 29 heavy (non-hydrogen) atoms. The SMILES string of the molecule is COC(=O)c1c(OCCc2ccsc2)cc(=O)n2c1CCN(CCCSC)CC2. The number of carbonyl (C=O) groups is 1. The number of hydrogen-bond acceptors (Lipinski definition) is 7. The van der Waals surface area contributed by atoms with Gasteiger partial charge in [-0.2, -0.15) is 23.1 Å². The summed E-state index contributed by atoms with van der Waals surface area (Å²) in [6.45, 7) is 3.61. The number of fused-ring (bicyclic) bond motifs is 1. The van der Waals surface area contributed by atoms with Gasteiger partial charge >= 0.3 is 5.97 Å². The maximum absolute atomic E-state index is 12.8. The number of hydrogen-bond donors (Lipinski definition) is 0. The van der Waals surface area contributed by atoms with Crippen LogP contribution < -0.4 is 10.3 Å². The van der Waals surface area contributed by atoms with E-state index in [0.29, 0.717) is 30.9 Å². The van der Waals surface area contributed by atoms with E-state index in [0.717, 1.165) is 43.9 Å². The molecule has 0 spiro atoms. The summed E-state index contributed by atoms with van der Waals surface area (Å²) in [6, 6.07) is 3.49. The van der Waals surface area contributed by atoms with Crippen molar-refractivity contribution < 1.29 is 14.3 Å². The Kier molecular flexibility index (Phi) is 8.20. The lowest BCUT2D eigenvalue weighted by Gasteiger charge is -2.18. The van der Waals surface area contributed by atoms with Crippen molar-refractivity contribution in [1.82, 2.24) is 9.47 Å². The molecule has 3 heterocycles. The van der Waals surface area contributed by atoms with Crippen LogP contribution in [0.15, 0.2) is 27.7 Å². The molecule has 0 radical (unpaired) electrons. The number of rotatable bonds is 9. The van der Waals surface area contributed by atoms with Crippen molar-refractivity contribution in [2.24, 2.45) is 0 Å². The fourth-order valence-electron chi connectivity index (χ4n) is 3.60. The van der Waals surface area contributed by atoms with Crippen LogP contribution in [0.25, 0.3) is 0 Å². The molecule has 0 N–H and O–H groups in total. The molecular weight excluding hydrogens is 408 g/mol. The molecule has 8 heteroatoms. The van der Waals surface area contributed by atoms with Gasteiger partial charge in [-0.3, -0.25) is 4.79 Å². The number of thioether (sulfide) groups is 1. The van der Waals surface area contributed by atoms with E-state index in [4.69, 9.17) is 9.47 Å². The lowest BCUT2D eigenvalue weighted by atomic mass is 10.1. The summed E-state index contributed by atoms with van der Waals surface area (Å²) in [5.74, 6) is 1.01. The van der Waals surface area contributed by atoms with Crippen LogP contribution in [0.4, 0.5) is 0 Å². The highest BCUT2D eigenvalue weighted by Crippen LogP contribution is 2.24. The first-order valence-electron chi connectivity index (χ1n) is 9.84. The standard InChI is InChI=1S/C21H28N2O4S2/c1-26-21(25)20-17-4-8-22(7-3-12-28-2)9-10-23(17)19(24)14-18(20)27-11-5-16-6-13-29-15-16/h6,13-15H,3-5,7-12H2,1-2H3. The zero-order valence-electron chi connectivity index (χ0n) is 17.0. The van der Waals surface area contributed by atoms with Crippen molar-refractivity contribution in [1.29, 1.82) is 0 Å². The summed E-state index contributed by atoms with van der Waals surface area (Å²) >= 11 is 3.48. The average molecular weight is 437 g/mol. The van der Waals surface area contributed by atoms with Gasteiger partial charge in [0.05, 0.1) is 13.7 Å². The Morgan fingerprint density at radius 1 is 1.31 bits per heavy atom. The van der Waals surface area contributed by atoms with E-state index < -0.39 is 5.97 Å². The Hall–Kier alpha value is -1.77. The second-order valence-corrected chi connectivity index (χ2v) is 8.75. The smallest absolute Gasteiger partial charge is 0.343 e. The van der Waals surface area contributed by atoms with Crippen LogP contribution in [-0.2, 0) is 24.1 Å². The van der Waals surface area contributed by atoms with E-state index in [9.17, 15) is 9.59 Å². The largest absolute Gasteiger partial charge is 0.492 e. The summed E-state index contributed by atoms with van der Waals surface area (Å²) in [6.07, 6.45) is 4.58. The average Bonchev–Trinajstić information content (AvgIpc) is 3.14. The number of nitrogens with zero attached hydrogens (tertiary/aromatic N) is 2. The summed E-state index contributed by atoms with van der Waals surface area (Å²) in [5, 5.41) is 4.09. The Balaban J connectivity index is 1.81. The third-order valence-electron chi connectivity index (χ3n) is 5.13. The Morgan fingerprint density at radius 3 is 2.90 bits per heavy atom. The lowest BCUT2D eigenvalue weighted by molar-refractivity contribution is 0.0593. The van der Waals surface area contributed by atoms with Crippen molar-refractivity contribution in [2.75, 3.05) is 45.4 Å². The van der Waals surface area contributed by atoms with Crippen LogP contribution in [0.5, 0.6) is 5.75 Å². The van der Waals surface area contributed by atoms with Crippen LogP contribution in [0, 0.1) is 0 Å². The van der Waals surface area contributed by atoms with Crippen molar-refractivity contribution in [2.45, 2.75) is 25.8 Å². The highest BCUT2D eigenvalue weighted by atomic mass is 32.2. The van der Waals surface area contributed by atoms with Crippen LogP contribution >= 0.6 is 23.1 Å². The molecule has 2 aromatic rings. The molecule has 0 aliphatic carbocycles. The van der Waals surface area contributed by atoms with Gasteiger partial charge in [-0.25, -0.2) is 4.79 Å². The van der Waals surface area contributed by atoms with Crippen molar-refractivity contribution in [3.05, 3.63) is 50.1 Å². The van der Waals surface area contributed by atoms with Gasteiger partial charge in [-0.15, -0.1) is 0 Å². The minimum atomic E-state index is -0.449. The molecule has 6 nitrogen and oxygen atoms in total. The van der Waals surface area contributed by atoms with E-state index in [-0.39, 0.29) is 5.56 Å². The Labute approximate surface area is 179 Å². The minimum Gasteiger partial charge on any atom is -0.492 e. The molecule has 0 fully saturated rings. The molecule has 1 aliphatic rings. The molecule has 158 valence electrons. The van der Waals surface area contributed by atoms with Crippen molar-refractivity contribution >= 4 is 29.1 Å². The third kappa shape index (κ3) is 5.65. The van der Waals surface area contributed by atoms with E-state index in [1.54, 1.807) is 15.9 Å². The maximum atomic E-state index is 12.8. The lowest BCUT2D eigenvalue weighted by Crippen LogP contribution is -2.30. The summed E-state index contributed by atoms with van der Waals surface area (Å²) in [5.41, 5.74) is 2.18. The fourth-order valence-corrected chi connectivity index (χ4v) is 4.72. The Bertz CT molecular complexity index is 864. The summed E-state index contributed by atoms with van der Waals surface area (Å²) < 4.78 is 12.6. The van der Waals surface area contributed by atoms with Gasteiger partial charge < -0.3 is 18.9 Å². The zero-order chi connectivity index (χ0) is 20.6. The zero-order valence-corrected chi connectivity index (χ0v) is 18.7. The number of aromatic nitrogens is 1. The summed E-state index contributed by atoms with van der Waals surface area (Å²) in [4.78, 5) is 27.7. The number of thiophene rings is 1. The molecule has 0 atom stereocenters. The van der Waals surface area contributed by atoms with E-state index in [1.807, 2.05) is 23.2 Å². The van der Waals surface area contributed by atoms with Gasteiger partial charge in [0.1, 0.15) is 11.3 Å². The molecule has 0 unspecified atom stereocenters. The van der Waals surface area contributed by atoms with E-state index >= 15 is 0 Å². The van der Waals surface area contributed by atoms with Gasteiger partial charge in [0.25, 0.3) is 5.56 Å². The number of esters is 1. The van der Waals surface area contributed by atoms with Crippen LogP contribution in [-0.4, -0.2) is 60.8 Å². The number of carbonyl (C=O) groups excluding carboxylic acids is 1. The van der Waals surface area contributed by atoms with E-state index in [2.05, 4.69) is 16.5 Å².